The summed E-state index contributed by atoms with van der Waals surface area (Å²) >= 11 is 0. The number of piperazine rings is 1. The predicted molar refractivity (Wildman–Crippen MR) is 84.3 cm³/mol. The summed E-state index contributed by atoms with van der Waals surface area (Å²) in [6.07, 6.45) is 2.10. The van der Waals surface area contributed by atoms with E-state index >= 15 is 0 Å². The molecule has 0 spiro atoms. The second-order valence-electron chi connectivity index (χ2n) is 6.21. The van der Waals surface area contributed by atoms with Gasteiger partial charge in [-0.25, -0.2) is 4.79 Å². The van der Waals surface area contributed by atoms with Crippen LogP contribution in [0.5, 0.6) is 0 Å². The van der Waals surface area contributed by atoms with Gasteiger partial charge in [0.1, 0.15) is 0 Å². The van der Waals surface area contributed by atoms with E-state index in [4.69, 9.17) is 0 Å². The molecule has 1 aromatic rings. The molecule has 114 valence electrons. The first-order chi connectivity index (χ1) is 10.2. The number of amides is 2. The summed E-state index contributed by atoms with van der Waals surface area (Å²) in [5.74, 6) is 0. The summed E-state index contributed by atoms with van der Waals surface area (Å²) in [6, 6.07) is 9.38. The van der Waals surface area contributed by atoms with Gasteiger partial charge in [0, 0.05) is 32.2 Å². The average molecular weight is 287 g/mol. The molecule has 1 saturated heterocycles. The molecule has 4 nitrogen and oxygen atoms in total. The monoisotopic (exact) mass is 287 g/mol. The number of hydrogen-bond acceptors (Lipinski definition) is 2. The standard InChI is InChI=1S/C17H25N3O/c1-3-13(2)18-17(21)20-11-10-19-9-8-14-6-4-5-7-15(14)16(19)12-20/h4-7,13,16H,3,8-12H2,1-2H3,(H,18,21). The molecular formula is C17H25N3O. The topological polar surface area (TPSA) is 35.6 Å². The van der Waals surface area contributed by atoms with Crippen LogP contribution in [0, 0.1) is 0 Å². The molecule has 3 rings (SSSR count). The van der Waals surface area contributed by atoms with E-state index in [-0.39, 0.29) is 12.1 Å². The van der Waals surface area contributed by atoms with Crippen LogP contribution in [0.1, 0.15) is 37.4 Å². The highest BCUT2D eigenvalue weighted by Crippen LogP contribution is 2.32. The molecule has 2 amide bonds. The Morgan fingerprint density at radius 1 is 1.33 bits per heavy atom. The van der Waals surface area contributed by atoms with Crippen LogP contribution in [0.15, 0.2) is 24.3 Å². The van der Waals surface area contributed by atoms with E-state index in [1.165, 1.54) is 11.1 Å². The third kappa shape index (κ3) is 2.91. The number of urea groups is 1. The molecule has 0 aromatic heterocycles. The highest BCUT2D eigenvalue weighted by Gasteiger charge is 2.34. The number of hydrogen-bond donors (Lipinski definition) is 1. The van der Waals surface area contributed by atoms with Crippen LogP contribution >= 0.6 is 0 Å². The van der Waals surface area contributed by atoms with Crippen LogP contribution in [-0.2, 0) is 6.42 Å². The minimum atomic E-state index is 0.0899. The van der Waals surface area contributed by atoms with Gasteiger partial charge in [0.15, 0.2) is 0 Å². The van der Waals surface area contributed by atoms with Gasteiger partial charge in [-0.2, -0.15) is 0 Å². The molecule has 1 fully saturated rings. The van der Waals surface area contributed by atoms with Crippen molar-refractivity contribution in [2.75, 3.05) is 26.2 Å². The number of nitrogens with one attached hydrogen (secondary N) is 1. The van der Waals surface area contributed by atoms with Crippen molar-refractivity contribution in [2.24, 2.45) is 0 Å². The van der Waals surface area contributed by atoms with E-state index in [0.29, 0.717) is 6.04 Å². The van der Waals surface area contributed by atoms with Crippen molar-refractivity contribution in [3.05, 3.63) is 35.4 Å². The first-order valence-electron chi connectivity index (χ1n) is 8.06. The number of carbonyl (C=O) groups is 1. The summed E-state index contributed by atoms with van der Waals surface area (Å²) in [5, 5.41) is 3.09. The first-order valence-corrected chi connectivity index (χ1v) is 8.06. The van der Waals surface area contributed by atoms with Crippen molar-refractivity contribution in [3.8, 4) is 0 Å². The van der Waals surface area contributed by atoms with E-state index < -0.39 is 0 Å². The zero-order valence-corrected chi connectivity index (χ0v) is 13.0. The van der Waals surface area contributed by atoms with E-state index in [1.54, 1.807) is 0 Å². The number of fused-ring (bicyclic) bond motifs is 3. The molecule has 0 bridgehead atoms. The van der Waals surface area contributed by atoms with E-state index in [0.717, 1.165) is 39.0 Å². The molecule has 4 heteroatoms. The molecule has 21 heavy (non-hydrogen) atoms. The Kier molecular flexibility index (Phi) is 4.15. The van der Waals surface area contributed by atoms with Crippen LogP contribution in [0.4, 0.5) is 4.79 Å². The van der Waals surface area contributed by atoms with Gasteiger partial charge >= 0.3 is 6.03 Å². The second-order valence-corrected chi connectivity index (χ2v) is 6.21. The van der Waals surface area contributed by atoms with Crippen molar-refractivity contribution in [3.63, 3.8) is 0 Å². The maximum Gasteiger partial charge on any atom is 0.317 e. The summed E-state index contributed by atoms with van der Waals surface area (Å²) in [4.78, 5) is 16.9. The first kappa shape index (κ1) is 14.4. The summed E-state index contributed by atoms with van der Waals surface area (Å²) in [7, 11) is 0. The highest BCUT2D eigenvalue weighted by molar-refractivity contribution is 5.74. The van der Waals surface area contributed by atoms with Gasteiger partial charge in [0.05, 0.1) is 6.04 Å². The van der Waals surface area contributed by atoms with Crippen molar-refractivity contribution >= 4 is 6.03 Å². The van der Waals surface area contributed by atoms with Crippen LogP contribution in [0.2, 0.25) is 0 Å². The van der Waals surface area contributed by atoms with Crippen molar-refractivity contribution in [2.45, 2.75) is 38.8 Å². The highest BCUT2D eigenvalue weighted by atomic mass is 16.2. The zero-order valence-electron chi connectivity index (χ0n) is 13.0. The second kappa shape index (κ2) is 6.06. The van der Waals surface area contributed by atoms with Crippen LogP contribution in [0.3, 0.4) is 0 Å². The van der Waals surface area contributed by atoms with Gasteiger partial charge < -0.3 is 10.2 Å². The van der Waals surface area contributed by atoms with Crippen LogP contribution < -0.4 is 5.32 Å². The Hall–Kier alpha value is -1.55. The smallest absolute Gasteiger partial charge is 0.317 e. The molecule has 0 radical (unpaired) electrons. The largest absolute Gasteiger partial charge is 0.336 e. The fraction of sp³-hybridized carbons (Fsp3) is 0.588. The molecule has 1 N–H and O–H groups in total. The summed E-state index contributed by atoms with van der Waals surface area (Å²) < 4.78 is 0. The lowest BCUT2D eigenvalue weighted by Gasteiger charge is -2.45. The van der Waals surface area contributed by atoms with E-state index in [9.17, 15) is 4.79 Å². The minimum absolute atomic E-state index is 0.0899. The third-order valence-electron chi connectivity index (χ3n) is 4.84. The van der Waals surface area contributed by atoms with E-state index in [2.05, 4.69) is 48.3 Å². The van der Waals surface area contributed by atoms with Gasteiger partial charge in [-0.1, -0.05) is 31.2 Å². The molecule has 2 heterocycles. The normalized spacial score (nSPS) is 23.1. The Labute approximate surface area is 127 Å². The van der Waals surface area contributed by atoms with Gasteiger partial charge in [-0.15, -0.1) is 0 Å². The third-order valence-corrected chi connectivity index (χ3v) is 4.84. The van der Waals surface area contributed by atoms with Gasteiger partial charge in [0.25, 0.3) is 0 Å². The lowest BCUT2D eigenvalue weighted by Crippen LogP contribution is -2.55. The quantitative estimate of drug-likeness (QED) is 0.906. The Morgan fingerprint density at radius 2 is 2.14 bits per heavy atom. The van der Waals surface area contributed by atoms with Crippen molar-refractivity contribution in [1.82, 2.24) is 15.1 Å². The van der Waals surface area contributed by atoms with Crippen LogP contribution in [0.25, 0.3) is 0 Å². The molecule has 1 aromatic carbocycles. The number of benzene rings is 1. The molecular weight excluding hydrogens is 262 g/mol. The number of carbonyl (C=O) groups excluding carboxylic acids is 1. The Bertz CT molecular complexity index is 517. The predicted octanol–water partition coefficient (Wildman–Crippen LogP) is 2.41. The molecule has 0 aliphatic carbocycles. The summed E-state index contributed by atoms with van der Waals surface area (Å²) in [5.41, 5.74) is 2.85. The van der Waals surface area contributed by atoms with Gasteiger partial charge in [-0.05, 0) is 30.9 Å². The summed E-state index contributed by atoms with van der Waals surface area (Å²) in [6.45, 7) is 7.89. The Balaban J connectivity index is 1.73. The average Bonchev–Trinajstić information content (AvgIpc) is 2.54. The molecule has 0 saturated carbocycles. The maximum atomic E-state index is 12.4. The lowest BCUT2D eigenvalue weighted by molar-refractivity contribution is 0.0819. The van der Waals surface area contributed by atoms with Crippen molar-refractivity contribution in [1.29, 1.82) is 0 Å². The van der Waals surface area contributed by atoms with Gasteiger partial charge in [-0.3, -0.25) is 4.90 Å². The SMILES string of the molecule is CCC(C)NC(=O)N1CCN2CCc3ccccc3C2C1. The fourth-order valence-electron chi connectivity index (χ4n) is 3.32. The fourth-order valence-corrected chi connectivity index (χ4v) is 3.32. The molecule has 2 aliphatic heterocycles. The Morgan fingerprint density at radius 3 is 2.95 bits per heavy atom. The van der Waals surface area contributed by atoms with E-state index in [1.807, 2.05) is 4.90 Å². The number of nitrogens with zero attached hydrogens (tertiary/aromatic N) is 2. The molecule has 2 atom stereocenters. The molecule has 2 unspecified atom stereocenters. The number of rotatable bonds is 2. The zero-order chi connectivity index (χ0) is 14.8. The van der Waals surface area contributed by atoms with Crippen molar-refractivity contribution < 1.29 is 4.79 Å². The lowest BCUT2D eigenvalue weighted by atomic mass is 9.91. The minimum Gasteiger partial charge on any atom is -0.336 e. The van der Waals surface area contributed by atoms with Crippen LogP contribution in [-0.4, -0.2) is 48.1 Å². The van der Waals surface area contributed by atoms with Gasteiger partial charge in [0.2, 0.25) is 0 Å². The molecule has 2 aliphatic rings. The maximum absolute atomic E-state index is 12.4.